The van der Waals surface area contributed by atoms with Crippen LogP contribution in [0.2, 0.25) is 0 Å². The Balaban J connectivity index is 1.59. The van der Waals surface area contributed by atoms with Gasteiger partial charge >= 0.3 is 0 Å². The number of amides is 1. The van der Waals surface area contributed by atoms with Crippen molar-refractivity contribution in [1.82, 2.24) is 15.1 Å². The number of likely N-dealkylation sites (tertiary alicyclic amines) is 1. The Hall–Kier alpha value is -0.650. The molecular formula is C12H23N3O2. The number of carbonyl (C=O) groups excluding carboxylic acids is 1. The third-order valence-corrected chi connectivity index (χ3v) is 3.53. The second kappa shape index (κ2) is 6.33. The van der Waals surface area contributed by atoms with Gasteiger partial charge in [0.15, 0.2) is 0 Å². The smallest absolute Gasteiger partial charge is 0.224 e. The highest BCUT2D eigenvalue weighted by molar-refractivity contribution is 5.76. The lowest BCUT2D eigenvalue weighted by atomic mass is 10.2. The van der Waals surface area contributed by atoms with Crippen molar-refractivity contribution < 1.29 is 9.53 Å². The molecule has 0 saturated carbocycles. The SMILES string of the molecule is CN1CCC(NCCC(=O)N2CCOCC2)C1. The predicted molar refractivity (Wildman–Crippen MR) is 65.9 cm³/mol. The van der Waals surface area contributed by atoms with E-state index in [9.17, 15) is 4.79 Å². The van der Waals surface area contributed by atoms with Crippen molar-refractivity contribution in [1.29, 1.82) is 0 Å². The van der Waals surface area contributed by atoms with Gasteiger partial charge in [0, 0.05) is 38.6 Å². The summed E-state index contributed by atoms with van der Waals surface area (Å²) in [7, 11) is 2.14. The Bertz CT molecular complexity index is 254. The van der Waals surface area contributed by atoms with Crippen LogP contribution >= 0.6 is 0 Å². The van der Waals surface area contributed by atoms with Crippen LogP contribution < -0.4 is 5.32 Å². The maximum absolute atomic E-state index is 11.9. The van der Waals surface area contributed by atoms with Crippen molar-refractivity contribution in [3.63, 3.8) is 0 Å². The average Bonchev–Trinajstić information content (AvgIpc) is 2.76. The van der Waals surface area contributed by atoms with Gasteiger partial charge < -0.3 is 19.9 Å². The summed E-state index contributed by atoms with van der Waals surface area (Å²) in [6.45, 7) is 5.95. The quantitative estimate of drug-likeness (QED) is 0.723. The molecule has 0 aromatic rings. The van der Waals surface area contributed by atoms with Crippen LogP contribution in [-0.4, -0.2) is 74.7 Å². The van der Waals surface area contributed by atoms with E-state index < -0.39 is 0 Å². The maximum Gasteiger partial charge on any atom is 0.224 e. The molecule has 0 aromatic carbocycles. The summed E-state index contributed by atoms with van der Waals surface area (Å²) < 4.78 is 5.23. The molecule has 2 rings (SSSR count). The van der Waals surface area contributed by atoms with E-state index in [4.69, 9.17) is 4.74 Å². The van der Waals surface area contributed by atoms with Crippen LogP contribution in [0.3, 0.4) is 0 Å². The number of rotatable bonds is 4. The number of carbonyl (C=O) groups is 1. The number of nitrogens with one attached hydrogen (secondary N) is 1. The standard InChI is InChI=1S/C12H23N3O2/c1-14-5-3-11(10-14)13-4-2-12(16)15-6-8-17-9-7-15/h11,13H,2-10H2,1H3. The summed E-state index contributed by atoms with van der Waals surface area (Å²) in [5.74, 6) is 0.257. The van der Waals surface area contributed by atoms with Gasteiger partial charge in [0.05, 0.1) is 13.2 Å². The molecule has 17 heavy (non-hydrogen) atoms. The van der Waals surface area contributed by atoms with Gasteiger partial charge in [-0.05, 0) is 20.0 Å². The zero-order valence-electron chi connectivity index (χ0n) is 10.7. The van der Waals surface area contributed by atoms with Crippen LogP contribution in [0, 0.1) is 0 Å². The molecule has 2 saturated heterocycles. The highest BCUT2D eigenvalue weighted by Gasteiger charge is 2.20. The van der Waals surface area contributed by atoms with E-state index in [0.29, 0.717) is 25.7 Å². The van der Waals surface area contributed by atoms with E-state index >= 15 is 0 Å². The summed E-state index contributed by atoms with van der Waals surface area (Å²) in [5, 5.41) is 3.46. The number of hydrogen-bond donors (Lipinski definition) is 1. The molecule has 0 spiro atoms. The van der Waals surface area contributed by atoms with Gasteiger partial charge in [-0.2, -0.15) is 0 Å². The van der Waals surface area contributed by atoms with Gasteiger partial charge in [-0.1, -0.05) is 0 Å². The number of likely N-dealkylation sites (N-methyl/N-ethyl adjacent to an activating group) is 1. The summed E-state index contributed by atoms with van der Waals surface area (Å²) in [6, 6.07) is 0.567. The molecule has 2 heterocycles. The molecule has 0 aliphatic carbocycles. The van der Waals surface area contributed by atoms with Crippen molar-refractivity contribution in [2.45, 2.75) is 18.9 Å². The van der Waals surface area contributed by atoms with Crippen LogP contribution in [0.25, 0.3) is 0 Å². The normalized spacial score (nSPS) is 26.4. The van der Waals surface area contributed by atoms with Gasteiger partial charge in [-0.3, -0.25) is 4.79 Å². The second-order valence-electron chi connectivity index (χ2n) is 4.95. The molecule has 1 amide bonds. The molecule has 2 fully saturated rings. The molecule has 1 N–H and O–H groups in total. The Morgan fingerprint density at radius 2 is 2.12 bits per heavy atom. The van der Waals surface area contributed by atoms with Crippen molar-refractivity contribution in [3.05, 3.63) is 0 Å². The van der Waals surface area contributed by atoms with E-state index in [2.05, 4.69) is 17.3 Å². The Labute approximate surface area is 103 Å². The molecule has 0 radical (unpaired) electrons. The van der Waals surface area contributed by atoms with Crippen LogP contribution in [0.1, 0.15) is 12.8 Å². The zero-order valence-corrected chi connectivity index (χ0v) is 10.7. The summed E-state index contributed by atoms with van der Waals surface area (Å²) in [6.07, 6.45) is 1.81. The monoisotopic (exact) mass is 241 g/mol. The summed E-state index contributed by atoms with van der Waals surface area (Å²) in [5.41, 5.74) is 0. The fraction of sp³-hybridized carbons (Fsp3) is 0.917. The number of morpholine rings is 1. The average molecular weight is 241 g/mol. The van der Waals surface area contributed by atoms with Gasteiger partial charge in [-0.25, -0.2) is 0 Å². The molecule has 1 atom stereocenters. The van der Waals surface area contributed by atoms with Crippen LogP contribution in [0.5, 0.6) is 0 Å². The highest BCUT2D eigenvalue weighted by Crippen LogP contribution is 2.06. The van der Waals surface area contributed by atoms with E-state index in [-0.39, 0.29) is 5.91 Å². The lowest BCUT2D eigenvalue weighted by Gasteiger charge is -2.27. The van der Waals surface area contributed by atoms with Crippen LogP contribution in [-0.2, 0) is 9.53 Å². The first kappa shape index (κ1) is 12.8. The van der Waals surface area contributed by atoms with E-state index in [1.807, 2.05) is 4.90 Å². The molecule has 5 heteroatoms. The molecule has 98 valence electrons. The van der Waals surface area contributed by atoms with Crippen molar-refractivity contribution >= 4 is 5.91 Å². The van der Waals surface area contributed by atoms with Gasteiger partial charge in [0.25, 0.3) is 0 Å². The van der Waals surface area contributed by atoms with Gasteiger partial charge in [0.1, 0.15) is 0 Å². The fourth-order valence-corrected chi connectivity index (χ4v) is 2.46. The largest absolute Gasteiger partial charge is 0.378 e. The minimum Gasteiger partial charge on any atom is -0.378 e. The predicted octanol–water partition coefficient (Wildman–Crippen LogP) is -0.471. The molecule has 2 aliphatic heterocycles. The Kier molecular flexibility index (Phi) is 4.76. The minimum absolute atomic E-state index is 0.257. The van der Waals surface area contributed by atoms with Gasteiger partial charge in [-0.15, -0.1) is 0 Å². The number of hydrogen-bond acceptors (Lipinski definition) is 4. The van der Waals surface area contributed by atoms with E-state index in [1.165, 1.54) is 6.42 Å². The lowest BCUT2D eigenvalue weighted by molar-refractivity contribution is -0.135. The Morgan fingerprint density at radius 3 is 2.76 bits per heavy atom. The summed E-state index contributed by atoms with van der Waals surface area (Å²) in [4.78, 5) is 16.1. The molecule has 0 aromatic heterocycles. The van der Waals surface area contributed by atoms with Gasteiger partial charge in [0.2, 0.25) is 5.91 Å². The molecule has 2 aliphatic rings. The number of ether oxygens (including phenoxy) is 1. The lowest BCUT2D eigenvalue weighted by Crippen LogP contribution is -2.42. The van der Waals surface area contributed by atoms with E-state index in [0.717, 1.165) is 32.7 Å². The molecular weight excluding hydrogens is 218 g/mol. The van der Waals surface area contributed by atoms with Crippen molar-refractivity contribution in [3.8, 4) is 0 Å². The molecule has 1 unspecified atom stereocenters. The first-order valence-corrected chi connectivity index (χ1v) is 6.53. The van der Waals surface area contributed by atoms with Crippen LogP contribution in [0.4, 0.5) is 0 Å². The fourth-order valence-electron chi connectivity index (χ4n) is 2.46. The first-order chi connectivity index (χ1) is 8.25. The highest BCUT2D eigenvalue weighted by atomic mass is 16.5. The summed E-state index contributed by atoms with van der Waals surface area (Å²) >= 11 is 0. The molecule has 5 nitrogen and oxygen atoms in total. The second-order valence-corrected chi connectivity index (χ2v) is 4.95. The maximum atomic E-state index is 11.9. The molecule has 0 bridgehead atoms. The third-order valence-electron chi connectivity index (χ3n) is 3.53. The Morgan fingerprint density at radius 1 is 1.35 bits per heavy atom. The zero-order chi connectivity index (χ0) is 12.1. The van der Waals surface area contributed by atoms with E-state index in [1.54, 1.807) is 0 Å². The third kappa shape index (κ3) is 3.94. The van der Waals surface area contributed by atoms with Crippen LogP contribution in [0.15, 0.2) is 0 Å². The first-order valence-electron chi connectivity index (χ1n) is 6.53. The topological polar surface area (TPSA) is 44.8 Å². The number of nitrogens with zero attached hydrogens (tertiary/aromatic N) is 2. The van der Waals surface area contributed by atoms with Crippen molar-refractivity contribution in [2.24, 2.45) is 0 Å². The minimum atomic E-state index is 0.257. The van der Waals surface area contributed by atoms with Crippen molar-refractivity contribution in [2.75, 3.05) is 53.0 Å².